The average Bonchev–Trinajstić information content (AvgIpc) is 3.22. The molecule has 1 aliphatic carbocycles. The first kappa shape index (κ1) is 19.0. The van der Waals surface area contributed by atoms with E-state index in [9.17, 15) is 9.59 Å². The largest absolute Gasteiger partial charge is 0.335 e. The Kier molecular flexibility index (Phi) is 5.97. The van der Waals surface area contributed by atoms with Crippen LogP contribution in [0.3, 0.4) is 0 Å². The number of amides is 2. The number of nitrogens with one attached hydrogen (secondary N) is 1. The minimum Gasteiger partial charge on any atom is -0.335 e. The van der Waals surface area contributed by atoms with Crippen LogP contribution in [-0.4, -0.2) is 63.8 Å². The summed E-state index contributed by atoms with van der Waals surface area (Å²) in [6.45, 7) is 3.35. The van der Waals surface area contributed by atoms with Gasteiger partial charge in [0.15, 0.2) is 0 Å². The van der Waals surface area contributed by atoms with E-state index < -0.39 is 0 Å². The number of nitrogens with zero attached hydrogens (tertiary/aromatic N) is 4. The van der Waals surface area contributed by atoms with Crippen molar-refractivity contribution in [1.29, 1.82) is 0 Å². The lowest BCUT2D eigenvalue weighted by Crippen LogP contribution is -2.52. The normalized spacial score (nSPS) is 18.8. The summed E-state index contributed by atoms with van der Waals surface area (Å²) in [5.74, 6) is -0.365. The van der Waals surface area contributed by atoms with Gasteiger partial charge in [0.1, 0.15) is 10.6 Å². The van der Waals surface area contributed by atoms with Crippen molar-refractivity contribution in [2.24, 2.45) is 0 Å². The number of piperazine rings is 1. The van der Waals surface area contributed by atoms with E-state index in [1.165, 1.54) is 62.0 Å². The molecule has 7 nitrogen and oxygen atoms in total. The van der Waals surface area contributed by atoms with Crippen molar-refractivity contribution in [2.45, 2.75) is 38.1 Å². The molecule has 28 heavy (non-hydrogen) atoms. The molecule has 0 unspecified atom stereocenters. The molecule has 1 saturated carbocycles. The Balaban J connectivity index is 1.37. The number of hydrogen-bond donors (Lipinski definition) is 1. The zero-order valence-electron chi connectivity index (χ0n) is 15.8. The van der Waals surface area contributed by atoms with Gasteiger partial charge in [0.2, 0.25) is 0 Å². The first-order valence-corrected chi connectivity index (χ1v) is 10.8. The van der Waals surface area contributed by atoms with Gasteiger partial charge >= 0.3 is 0 Å². The minimum absolute atomic E-state index is 0.00672. The van der Waals surface area contributed by atoms with Gasteiger partial charge in [-0.05, 0) is 24.3 Å². The highest BCUT2D eigenvalue weighted by Crippen LogP contribution is 2.27. The molecule has 148 valence electrons. The molecule has 0 atom stereocenters. The van der Waals surface area contributed by atoms with E-state index in [1.807, 2.05) is 10.3 Å². The first-order valence-electron chi connectivity index (χ1n) is 9.90. The summed E-state index contributed by atoms with van der Waals surface area (Å²) in [6.07, 6.45) is 11.0. The van der Waals surface area contributed by atoms with Gasteiger partial charge in [-0.2, -0.15) is 0 Å². The molecule has 2 aliphatic rings. The number of thiophene rings is 1. The monoisotopic (exact) mass is 399 g/mol. The number of carbonyl (C=O) groups excluding carboxylic acids is 2. The van der Waals surface area contributed by atoms with E-state index in [2.05, 4.69) is 20.2 Å². The summed E-state index contributed by atoms with van der Waals surface area (Å²) in [5.41, 5.74) is 0.772. The Morgan fingerprint density at radius 2 is 1.86 bits per heavy atom. The van der Waals surface area contributed by atoms with Crippen molar-refractivity contribution >= 4 is 28.8 Å². The summed E-state index contributed by atoms with van der Waals surface area (Å²) in [4.78, 5) is 38.3. The molecule has 2 aromatic rings. The lowest BCUT2D eigenvalue weighted by Gasteiger charge is -2.40. The number of anilines is 1. The third-order valence-corrected chi connectivity index (χ3v) is 6.50. The van der Waals surface area contributed by atoms with Gasteiger partial charge < -0.3 is 10.2 Å². The summed E-state index contributed by atoms with van der Waals surface area (Å²) in [5, 5.41) is 4.63. The van der Waals surface area contributed by atoms with Gasteiger partial charge in [-0.1, -0.05) is 19.3 Å². The average molecular weight is 400 g/mol. The lowest BCUT2D eigenvalue weighted by molar-refractivity contribution is 0.0528. The Morgan fingerprint density at radius 1 is 1.07 bits per heavy atom. The SMILES string of the molecule is O=C(Nc1ccsc1C(=O)N1CCN(C2CCCCC2)CC1)c1cnccn1. The molecule has 2 amide bonds. The van der Waals surface area contributed by atoms with Crippen molar-refractivity contribution in [3.63, 3.8) is 0 Å². The van der Waals surface area contributed by atoms with Crippen LogP contribution in [0.25, 0.3) is 0 Å². The maximum atomic E-state index is 13.0. The minimum atomic E-state index is -0.359. The van der Waals surface area contributed by atoms with Gasteiger partial charge in [0, 0.05) is 44.6 Å². The van der Waals surface area contributed by atoms with E-state index in [-0.39, 0.29) is 17.5 Å². The Bertz CT molecular complexity index is 811. The highest BCUT2D eigenvalue weighted by molar-refractivity contribution is 7.12. The zero-order valence-corrected chi connectivity index (χ0v) is 16.7. The van der Waals surface area contributed by atoms with Crippen LogP contribution in [0.1, 0.15) is 52.3 Å². The molecule has 1 N–H and O–H groups in total. The molecule has 0 aromatic carbocycles. The Hall–Kier alpha value is -2.32. The van der Waals surface area contributed by atoms with Crippen LogP contribution in [-0.2, 0) is 0 Å². The number of carbonyl (C=O) groups is 2. The summed E-state index contributed by atoms with van der Waals surface area (Å²) < 4.78 is 0. The van der Waals surface area contributed by atoms with Gasteiger partial charge in [-0.25, -0.2) is 4.98 Å². The second-order valence-corrected chi connectivity index (χ2v) is 8.24. The van der Waals surface area contributed by atoms with Crippen molar-refractivity contribution in [1.82, 2.24) is 19.8 Å². The van der Waals surface area contributed by atoms with Crippen LogP contribution in [0.5, 0.6) is 0 Å². The quantitative estimate of drug-likeness (QED) is 0.855. The fourth-order valence-corrected chi connectivity index (χ4v) is 4.87. The summed E-state index contributed by atoms with van der Waals surface area (Å²) in [6, 6.07) is 2.46. The van der Waals surface area contributed by atoms with E-state index in [4.69, 9.17) is 0 Å². The molecule has 1 saturated heterocycles. The first-order chi connectivity index (χ1) is 13.7. The molecule has 8 heteroatoms. The van der Waals surface area contributed by atoms with E-state index >= 15 is 0 Å². The lowest BCUT2D eigenvalue weighted by atomic mass is 9.94. The van der Waals surface area contributed by atoms with Gasteiger partial charge in [0.25, 0.3) is 11.8 Å². The number of rotatable bonds is 4. The van der Waals surface area contributed by atoms with Gasteiger partial charge in [0.05, 0.1) is 11.9 Å². The van der Waals surface area contributed by atoms with Crippen LogP contribution in [0.4, 0.5) is 5.69 Å². The van der Waals surface area contributed by atoms with Crippen LogP contribution >= 0.6 is 11.3 Å². The summed E-state index contributed by atoms with van der Waals surface area (Å²) >= 11 is 1.36. The predicted octanol–water partition coefficient (Wildman–Crippen LogP) is 2.88. The molecule has 2 fully saturated rings. The molecule has 0 spiro atoms. The van der Waals surface area contributed by atoms with Crippen molar-refractivity contribution in [2.75, 3.05) is 31.5 Å². The van der Waals surface area contributed by atoms with Crippen molar-refractivity contribution in [3.05, 3.63) is 40.6 Å². The van der Waals surface area contributed by atoms with Gasteiger partial charge in [-0.3, -0.25) is 19.5 Å². The Labute approximate surface area is 168 Å². The van der Waals surface area contributed by atoms with Crippen LogP contribution in [0, 0.1) is 0 Å². The number of hydrogen-bond acceptors (Lipinski definition) is 6. The summed E-state index contributed by atoms with van der Waals surface area (Å²) in [7, 11) is 0. The van der Waals surface area contributed by atoms with E-state index in [0.717, 1.165) is 26.2 Å². The standard InChI is InChI=1S/C20H25N5O2S/c26-19(17-14-21-7-8-22-17)23-16-6-13-28-18(16)20(27)25-11-9-24(10-12-25)15-4-2-1-3-5-15/h6-8,13-15H,1-5,9-12H2,(H,23,26). The molecule has 0 radical (unpaired) electrons. The third-order valence-electron chi connectivity index (χ3n) is 5.60. The van der Waals surface area contributed by atoms with E-state index in [1.54, 1.807) is 6.07 Å². The van der Waals surface area contributed by atoms with Crippen LogP contribution in [0.2, 0.25) is 0 Å². The highest BCUT2D eigenvalue weighted by atomic mass is 32.1. The van der Waals surface area contributed by atoms with Crippen molar-refractivity contribution < 1.29 is 9.59 Å². The smallest absolute Gasteiger partial charge is 0.275 e. The Morgan fingerprint density at radius 3 is 2.57 bits per heavy atom. The maximum absolute atomic E-state index is 13.0. The molecule has 4 rings (SSSR count). The fraction of sp³-hybridized carbons (Fsp3) is 0.500. The second kappa shape index (κ2) is 8.79. The molecular weight excluding hydrogens is 374 g/mol. The van der Waals surface area contributed by atoms with Gasteiger partial charge in [-0.15, -0.1) is 11.3 Å². The number of aromatic nitrogens is 2. The maximum Gasteiger partial charge on any atom is 0.275 e. The third kappa shape index (κ3) is 4.23. The topological polar surface area (TPSA) is 78.4 Å². The van der Waals surface area contributed by atoms with Crippen molar-refractivity contribution in [3.8, 4) is 0 Å². The fourth-order valence-electron chi connectivity index (χ4n) is 4.06. The van der Waals surface area contributed by atoms with Crippen LogP contribution < -0.4 is 5.32 Å². The predicted molar refractivity (Wildman–Crippen MR) is 109 cm³/mol. The van der Waals surface area contributed by atoms with Crippen LogP contribution in [0.15, 0.2) is 30.0 Å². The molecule has 3 heterocycles. The molecule has 2 aromatic heterocycles. The van der Waals surface area contributed by atoms with E-state index in [0.29, 0.717) is 16.6 Å². The highest BCUT2D eigenvalue weighted by Gasteiger charge is 2.29. The molecule has 1 aliphatic heterocycles. The second-order valence-electron chi connectivity index (χ2n) is 7.33. The molecule has 0 bridgehead atoms. The molecular formula is C20H25N5O2S. The zero-order chi connectivity index (χ0) is 19.3.